The predicted octanol–water partition coefficient (Wildman–Crippen LogP) is 0.918. The molecule has 2 heterocycles. The fourth-order valence-electron chi connectivity index (χ4n) is 1.96. The van der Waals surface area contributed by atoms with Gasteiger partial charge in [0.1, 0.15) is 0 Å². The number of aryl methyl sites for hydroxylation is 1. The van der Waals surface area contributed by atoms with Gasteiger partial charge < -0.3 is 5.32 Å². The Labute approximate surface area is 136 Å². The molecular weight excluding hydrogens is 314 g/mol. The van der Waals surface area contributed by atoms with E-state index in [-0.39, 0.29) is 5.91 Å². The van der Waals surface area contributed by atoms with Gasteiger partial charge in [-0.25, -0.2) is 9.36 Å². The number of amides is 1. The molecule has 0 atom stereocenters. The van der Waals surface area contributed by atoms with Crippen LogP contribution in [-0.2, 0) is 7.05 Å². The molecule has 0 saturated heterocycles. The lowest BCUT2D eigenvalue weighted by Crippen LogP contribution is -2.25. The number of carbonyl (C=O) groups excluding carboxylic acids is 1. The molecule has 1 amide bonds. The molecular formula is C14H15N7OS. The van der Waals surface area contributed by atoms with Crippen LogP contribution in [0, 0.1) is 0 Å². The van der Waals surface area contributed by atoms with E-state index in [0.717, 1.165) is 10.8 Å². The van der Waals surface area contributed by atoms with Gasteiger partial charge in [0.05, 0.1) is 5.69 Å². The van der Waals surface area contributed by atoms with Crippen molar-refractivity contribution in [2.45, 2.75) is 5.16 Å². The number of nitrogens with one attached hydrogen (secondary N) is 1. The maximum absolute atomic E-state index is 12.2. The third-order valence-electron chi connectivity index (χ3n) is 3.08. The molecule has 0 aliphatic heterocycles. The summed E-state index contributed by atoms with van der Waals surface area (Å²) in [5.41, 5.74) is 1.45. The van der Waals surface area contributed by atoms with E-state index in [1.54, 1.807) is 28.7 Å². The van der Waals surface area contributed by atoms with E-state index in [1.807, 2.05) is 30.5 Å². The van der Waals surface area contributed by atoms with Gasteiger partial charge in [-0.1, -0.05) is 17.8 Å². The van der Waals surface area contributed by atoms with E-state index >= 15 is 0 Å². The first-order chi connectivity index (χ1) is 11.2. The summed E-state index contributed by atoms with van der Waals surface area (Å²) in [4.78, 5) is 12.2. The number of rotatable bonds is 6. The van der Waals surface area contributed by atoms with Gasteiger partial charge in [0.15, 0.2) is 0 Å². The first kappa shape index (κ1) is 15.2. The molecule has 3 rings (SSSR count). The van der Waals surface area contributed by atoms with Gasteiger partial charge in [0.25, 0.3) is 5.91 Å². The Balaban J connectivity index is 1.54. The molecule has 2 aromatic heterocycles. The van der Waals surface area contributed by atoms with Crippen LogP contribution >= 0.6 is 11.8 Å². The van der Waals surface area contributed by atoms with E-state index in [9.17, 15) is 4.79 Å². The van der Waals surface area contributed by atoms with Gasteiger partial charge in [0, 0.05) is 37.3 Å². The Morgan fingerprint density at radius 3 is 3.00 bits per heavy atom. The number of carbonyl (C=O) groups is 1. The summed E-state index contributed by atoms with van der Waals surface area (Å²) in [7, 11) is 1.78. The lowest BCUT2D eigenvalue weighted by atomic mass is 10.2. The fraction of sp³-hybridized carbons (Fsp3) is 0.214. The second kappa shape index (κ2) is 7.05. The number of benzene rings is 1. The average Bonchev–Trinajstić information content (AvgIpc) is 3.23. The molecule has 9 heteroatoms. The molecule has 3 aromatic rings. The standard InChI is InChI=1S/C14H15N7OS/c1-20-14(17-18-19-20)23-9-7-15-13(22)11-4-2-5-12(10-11)21-8-3-6-16-21/h2-6,8,10H,7,9H2,1H3,(H,15,22). The van der Waals surface area contributed by atoms with Gasteiger partial charge in [-0.3, -0.25) is 4.79 Å². The van der Waals surface area contributed by atoms with Crippen molar-refractivity contribution >= 4 is 17.7 Å². The summed E-state index contributed by atoms with van der Waals surface area (Å²) in [6.45, 7) is 0.530. The van der Waals surface area contributed by atoms with Gasteiger partial charge in [-0.05, 0) is 34.7 Å². The molecule has 0 bridgehead atoms. The zero-order valence-corrected chi connectivity index (χ0v) is 13.3. The minimum Gasteiger partial charge on any atom is -0.351 e. The van der Waals surface area contributed by atoms with Crippen LogP contribution in [-0.4, -0.2) is 48.2 Å². The van der Waals surface area contributed by atoms with Gasteiger partial charge in [-0.15, -0.1) is 5.10 Å². The molecule has 0 aliphatic rings. The highest BCUT2D eigenvalue weighted by Gasteiger charge is 2.07. The van der Waals surface area contributed by atoms with E-state index < -0.39 is 0 Å². The topological polar surface area (TPSA) is 90.5 Å². The van der Waals surface area contributed by atoms with Crippen molar-refractivity contribution in [3.63, 3.8) is 0 Å². The lowest BCUT2D eigenvalue weighted by Gasteiger charge is -2.07. The number of aromatic nitrogens is 6. The van der Waals surface area contributed by atoms with E-state index in [4.69, 9.17) is 0 Å². The molecule has 0 saturated carbocycles. The highest BCUT2D eigenvalue weighted by molar-refractivity contribution is 7.99. The second-order valence-corrected chi connectivity index (χ2v) is 5.75. The maximum atomic E-state index is 12.2. The summed E-state index contributed by atoms with van der Waals surface area (Å²) in [6, 6.07) is 9.17. The molecule has 0 fully saturated rings. The summed E-state index contributed by atoms with van der Waals surface area (Å²) in [5, 5.41) is 19.0. The second-order valence-electron chi connectivity index (χ2n) is 4.69. The van der Waals surface area contributed by atoms with Crippen LogP contribution in [0.2, 0.25) is 0 Å². The molecule has 0 spiro atoms. The van der Waals surface area contributed by atoms with Crippen LogP contribution in [0.25, 0.3) is 5.69 Å². The van der Waals surface area contributed by atoms with Crippen molar-refractivity contribution in [2.75, 3.05) is 12.3 Å². The van der Waals surface area contributed by atoms with Gasteiger partial charge in [-0.2, -0.15) is 5.10 Å². The minimum absolute atomic E-state index is 0.115. The molecule has 118 valence electrons. The zero-order valence-electron chi connectivity index (χ0n) is 12.5. The quantitative estimate of drug-likeness (QED) is 0.534. The van der Waals surface area contributed by atoms with Crippen LogP contribution in [0.15, 0.2) is 47.9 Å². The fourth-order valence-corrected chi connectivity index (χ4v) is 2.67. The van der Waals surface area contributed by atoms with Gasteiger partial charge in [0.2, 0.25) is 5.16 Å². The summed E-state index contributed by atoms with van der Waals surface area (Å²) in [5.74, 6) is 0.578. The largest absolute Gasteiger partial charge is 0.351 e. The van der Waals surface area contributed by atoms with Crippen molar-refractivity contribution in [2.24, 2.45) is 7.05 Å². The highest BCUT2D eigenvalue weighted by atomic mass is 32.2. The Morgan fingerprint density at radius 1 is 1.35 bits per heavy atom. The predicted molar refractivity (Wildman–Crippen MR) is 85.4 cm³/mol. The van der Waals surface area contributed by atoms with E-state index in [1.165, 1.54) is 11.8 Å². The molecule has 23 heavy (non-hydrogen) atoms. The average molecular weight is 329 g/mol. The molecule has 0 unspecified atom stereocenters. The summed E-state index contributed by atoms with van der Waals surface area (Å²) in [6.07, 6.45) is 3.54. The van der Waals surface area contributed by atoms with Crippen molar-refractivity contribution in [3.05, 3.63) is 48.3 Å². The van der Waals surface area contributed by atoms with E-state index in [2.05, 4.69) is 25.9 Å². The van der Waals surface area contributed by atoms with Crippen molar-refractivity contribution in [1.82, 2.24) is 35.3 Å². The first-order valence-corrected chi connectivity index (χ1v) is 7.96. The monoisotopic (exact) mass is 329 g/mol. The zero-order chi connectivity index (χ0) is 16.1. The maximum Gasteiger partial charge on any atom is 0.251 e. The van der Waals surface area contributed by atoms with Crippen molar-refractivity contribution < 1.29 is 4.79 Å². The minimum atomic E-state index is -0.115. The highest BCUT2D eigenvalue weighted by Crippen LogP contribution is 2.12. The third kappa shape index (κ3) is 3.75. The number of tetrazole rings is 1. The smallest absolute Gasteiger partial charge is 0.251 e. The van der Waals surface area contributed by atoms with Crippen molar-refractivity contribution in [1.29, 1.82) is 0 Å². The number of thioether (sulfide) groups is 1. The molecule has 0 aliphatic carbocycles. The van der Waals surface area contributed by atoms with Crippen LogP contribution in [0.5, 0.6) is 0 Å². The van der Waals surface area contributed by atoms with Crippen LogP contribution in [0.4, 0.5) is 0 Å². The Hall–Kier alpha value is -2.68. The van der Waals surface area contributed by atoms with Crippen molar-refractivity contribution in [3.8, 4) is 5.69 Å². The molecule has 8 nitrogen and oxygen atoms in total. The van der Waals surface area contributed by atoms with Crippen LogP contribution < -0.4 is 5.32 Å². The number of hydrogen-bond donors (Lipinski definition) is 1. The molecule has 1 aromatic carbocycles. The molecule has 0 radical (unpaired) electrons. The Morgan fingerprint density at radius 2 is 2.26 bits per heavy atom. The third-order valence-corrected chi connectivity index (χ3v) is 4.09. The summed E-state index contributed by atoms with van der Waals surface area (Å²) < 4.78 is 3.31. The summed E-state index contributed by atoms with van der Waals surface area (Å²) >= 11 is 1.49. The normalized spacial score (nSPS) is 10.7. The molecule has 1 N–H and O–H groups in total. The van der Waals surface area contributed by atoms with Crippen LogP contribution in [0.3, 0.4) is 0 Å². The van der Waals surface area contributed by atoms with Crippen LogP contribution in [0.1, 0.15) is 10.4 Å². The number of hydrogen-bond acceptors (Lipinski definition) is 6. The SMILES string of the molecule is Cn1nnnc1SCCNC(=O)c1cccc(-n2cccn2)c1. The number of nitrogens with zero attached hydrogens (tertiary/aromatic N) is 6. The lowest BCUT2D eigenvalue weighted by molar-refractivity contribution is 0.0956. The Kier molecular flexibility index (Phi) is 4.67. The Bertz CT molecular complexity index is 784. The van der Waals surface area contributed by atoms with Gasteiger partial charge >= 0.3 is 0 Å². The van der Waals surface area contributed by atoms with E-state index in [0.29, 0.717) is 17.9 Å². The first-order valence-electron chi connectivity index (χ1n) is 6.97.